The number of amides is 1. The molecule has 3 nitrogen and oxygen atoms in total. The van der Waals surface area contributed by atoms with Crippen LogP contribution in [-0.2, 0) is 0 Å². The highest BCUT2D eigenvalue weighted by Gasteiger charge is 2.30. The van der Waals surface area contributed by atoms with Gasteiger partial charge in [0.25, 0.3) is 0 Å². The summed E-state index contributed by atoms with van der Waals surface area (Å²) in [6, 6.07) is 6.41. The van der Waals surface area contributed by atoms with Crippen molar-refractivity contribution >= 4 is 11.6 Å². The Labute approximate surface area is 109 Å². The van der Waals surface area contributed by atoms with Crippen LogP contribution >= 0.6 is 0 Å². The number of hydrogen-bond acceptors (Lipinski definition) is 2. The van der Waals surface area contributed by atoms with Gasteiger partial charge in [0.05, 0.1) is 0 Å². The molecule has 98 valence electrons. The molecular weight excluding hydrogens is 224 g/mol. The zero-order valence-corrected chi connectivity index (χ0v) is 11.2. The topological polar surface area (TPSA) is 55.1 Å². The Morgan fingerprint density at radius 3 is 2.78 bits per heavy atom. The molecule has 1 atom stereocenters. The number of carbonyl (C=O) groups excluding carboxylic acids is 1. The molecule has 1 aliphatic carbocycles. The Bertz CT molecular complexity index is 438. The molecule has 1 amide bonds. The lowest BCUT2D eigenvalue weighted by atomic mass is 10.0. The SMILES string of the molecule is CCC[C@@H](Nc1ccc(C)c(C(N)=O)c1)C1CC1. The summed E-state index contributed by atoms with van der Waals surface area (Å²) >= 11 is 0. The average molecular weight is 246 g/mol. The normalized spacial score (nSPS) is 16.3. The molecule has 0 spiro atoms. The number of carbonyl (C=O) groups is 1. The van der Waals surface area contributed by atoms with Crippen molar-refractivity contribution in [3.63, 3.8) is 0 Å². The van der Waals surface area contributed by atoms with E-state index in [4.69, 9.17) is 5.73 Å². The van der Waals surface area contributed by atoms with Crippen LogP contribution in [0.15, 0.2) is 18.2 Å². The summed E-state index contributed by atoms with van der Waals surface area (Å²) in [6.07, 6.45) is 5.02. The van der Waals surface area contributed by atoms with Crippen molar-refractivity contribution < 1.29 is 4.79 Å². The second kappa shape index (κ2) is 5.42. The van der Waals surface area contributed by atoms with E-state index in [1.807, 2.05) is 25.1 Å². The van der Waals surface area contributed by atoms with Gasteiger partial charge in [-0.2, -0.15) is 0 Å². The number of nitrogens with two attached hydrogens (primary N) is 1. The second-order valence-corrected chi connectivity index (χ2v) is 5.27. The Balaban J connectivity index is 2.12. The van der Waals surface area contributed by atoms with Gasteiger partial charge in [-0.15, -0.1) is 0 Å². The van der Waals surface area contributed by atoms with Crippen molar-refractivity contribution in [1.82, 2.24) is 0 Å². The first kappa shape index (κ1) is 12.9. The largest absolute Gasteiger partial charge is 0.382 e. The lowest BCUT2D eigenvalue weighted by Crippen LogP contribution is -2.22. The maximum atomic E-state index is 11.3. The first-order valence-corrected chi connectivity index (χ1v) is 6.78. The Hall–Kier alpha value is -1.51. The predicted octanol–water partition coefficient (Wildman–Crippen LogP) is 3.08. The van der Waals surface area contributed by atoms with E-state index in [0.29, 0.717) is 11.6 Å². The molecule has 1 fully saturated rings. The van der Waals surface area contributed by atoms with Gasteiger partial charge < -0.3 is 11.1 Å². The molecule has 1 aromatic rings. The van der Waals surface area contributed by atoms with E-state index in [0.717, 1.165) is 17.2 Å². The molecule has 0 bridgehead atoms. The van der Waals surface area contributed by atoms with Crippen molar-refractivity contribution in [1.29, 1.82) is 0 Å². The van der Waals surface area contributed by atoms with E-state index < -0.39 is 0 Å². The van der Waals surface area contributed by atoms with Crippen LogP contribution in [0.4, 0.5) is 5.69 Å². The zero-order valence-electron chi connectivity index (χ0n) is 11.2. The lowest BCUT2D eigenvalue weighted by molar-refractivity contribution is 0.1000. The van der Waals surface area contributed by atoms with E-state index in [-0.39, 0.29) is 5.91 Å². The molecule has 1 saturated carbocycles. The predicted molar refractivity (Wildman–Crippen MR) is 74.7 cm³/mol. The first-order chi connectivity index (χ1) is 8.61. The van der Waals surface area contributed by atoms with Crippen molar-refractivity contribution in [2.24, 2.45) is 11.7 Å². The maximum absolute atomic E-state index is 11.3. The van der Waals surface area contributed by atoms with Gasteiger partial charge in [-0.05, 0) is 49.8 Å². The molecule has 0 saturated heterocycles. The minimum atomic E-state index is -0.352. The number of anilines is 1. The van der Waals surface area contributed by atoms with E-state index in [9.17, 15) is 4.79 Å². The molecule has 0 aromatic heterocycles. The van der Waals surface area contributed by atoms with Crippen molar-refractivity contribution in [3.8, 4) is 0 Å². The Morgan fingerprint density at radius 2 is 2.22 bits per heavy atom. The molecule has 0 unspecified atom stereocenters. The number of nitrogens with one attached hydrogen (secondary N) is 1. The number of aryl methyl sites for hydroxylation is 1. The highest BCUT2D eigenvalue weighted by Crippen LogP contribution is 2.36. The van der Waals surface area contributed by atoms with Crippen LogP contribution in [0, 0.1) is 12.8 Å². The van der Waals surface area contributed by atoms with Crippen molar-refractivity contribution in [2.75, 3.05) is 5.32 Å². The van der Waals surface area contributed by atoms with Gasteiger partial charge in [-0.3, -0.25) is 4.79 Å². The van der Waals surface area contributed by atoms with Gasteiger partial charge in [0.2, 0.25) is 5.91 Å². The summed E-state index contributed by atoms with van der Waals surface area (Å²) in [5.41, 5.74) is 7.95. The minimum Gasteiger partial charge on any atom is -0.382 e. The molecule has 3 N–H and O–H groups in total. The van der Waals surface area contributed by atoms with Crippen LogP contribution in [-0.4, -0.2) is 11.9 Å². The minimum absolute atomic E-state index is 0.352. The van der Waals surface area contributed by atoms with Gasteiger partial charge in [-0.25, -0.2) is 0 Å². The van der Waals surface area contributed by atoms with Crippen LogP contribution in [0.2, 0.25) is 0 Å². The monoisotopic (exact) mass is 246 g/mol. The van der Waals surface area contributed by atoms with Crippen LogP contribution in [0.1, 0.15) is 48.5 Å². The average Bonchev–Trinajstić information content (AvgIpc) is 3.14. The number of benzene rings is 1. The smallest absolute Gasteiger partial charge is 0.249 e. The van der Waals surface area contributed by atoms with Crippen molar-refractivity contribution in [2.45, 2.75) is 45.6 Å². The highest BCUT2D eigenvalue weighted by molar-refractivity contribution is 5.95. The number of primary amides is 1. The Kier molecular flexibility index (Phi) is 3.90. The third-order valence-corrected chi connectivity index (χ3v) is 3.65. The summed E-state index contributed by atoms with van der Waals surface area (Å²) in [4.78, 5) is 11.3. The van der Waals surface area contributed by atoms with E-state index in [1.165, 1.54) is 25.7 Å². The molecular formula is C15H22N2O. The number of hydrogen-bond donors (Lipinski definition) is 2. The van der Waals surface area contributed by atoms with E-state index in [1.54, 1.807) is 0 Å². The second-order valence-electron chi connectivity index (χ2n) is 5.27. The summed E-state index contributed by atoms with van der Waals surface area (Å²) in [7, 11) is 0. The first-order valence-electron chi connectivity index (χ1n) is 6.78. The molecule has 1 aromatic carbocycles. The standard InChI is InChI=1S/C15H22N2O/c1-3-4-14(11-6-7-11)17-12-8-5-10(2)13(9-12)15(16)18/h5,8-9,11,14,17H,3-4,6-7H2,1-2H3,(H2,16,18)/t14-/m1/s1. The third kappa shape index (κ3) is 3.03. The molecule has 2 rings (SSSR count). The number of rotatable bonds is 6. The summed E-state index contributed by atoms with van der Waals surface area (Å²) < 4.78 is 0. The van der Waals surface area contributed by atoms with Gasteiger partial charge in [0.1, 0.15) is 0 Å². The summed E-state index contributed by atoms with van der Waals surface area (Å²) in [5.74, 6) is 0.456. The molecule has 0 heterocycles. The van der Waals surface area contributed by atoms with E-state index >= 15 is 0 Å². The molecule has 0 aliphatic heterocycles. The highest BCUT2D eigenvalue weighted by atomic mass is 16.1. The van der Waals surface area contributed by atoms with Gasteiger partial charge in [0, 0.05) is 17.3 Å². The van der Waals surface area contributed by atoms with Gasteiger partial charge in [-0.1, -0.05) is 19.4 Å². The molecule has 0 radical (unpaired) electrons. The lowest BCUT2D eigenvalue weighted by Gasteiger charge is -2.19. The fourth-order valence-corrected chi connectivity index (χ4v) is 2.43. The summed E-state index contributed by atoms with van der Waals surface area (Å²) in [5, 5.41) is 3.56. The zero-order chi connectivity index (χ0) is 13.1. The maximum Gasteiger partial charge on any atom is 0.249 e. The van der Waals surface area contributed by atoms with Gasteiger partial charge in [0.15, 0.2) is 0 Å². The fourth-order valence-electron chi connectivity index (χ4n) is 2.43. The molecule has 3 heteroatoms. The van der Waals surface area contributed by atoms with E-state index in [2.05, 4.69) is 12.2 Å². The Morgan fingerprint density at radius 1 is 1.50 bits per heavy atom. The molecule has 18 heavy (non-hydrogen) atoms. The van der Waals surface area contributed by atoms with Crippen LogP contribution < -0.4 is 11.1 Å². The van der Waals surface area contributed by atoms with Crippen LogP contribution in [0.3, 0.4) is 0 Å². The molecule has 1 aliphatic rings. The van der Waals surface area contributed by atoms with Crippen LogP contribution in [0.25, 0.3) is 0 Å². The van der Waals surface area contributed by atoms with Crippen molar-refractivity contribution in [3.05, 3.63) is 29.3 Å². The summed E-state index contributed by atoms with van der Waals surface area (Å²) in [6.45, 7) is 4.12. The van der Waals surface area contributed by atoms with Crippen LogP contribution in [0.5, 0.6) is 0 Å². The third-order valence-electron chi connectivity index (χ3n) is 3.65. The quantitative estimate of drug-likeness (QED) is 0.810. The fraction of sp³-hybridized carbons (Fsp3) is 0.533. The van der Waals surface area contributed by atoms with Gasteiger partial charge >= 0.3 is 0 Å².